The summed E-state index contributed by atoms with van der Waals surface area (Å²) < 4.78 is 6.48. The first kappa shape index (κ1) is 13.4. The third kappa shape index (κ3) is 3.71. The van der Waals surface area contributed by atoms with E-state index in [2.05, 4.69) is 21.2 Å². The zero-order valence-electron chi connectivity index (χ0n) is 10.3. The molecule has 1 aromatic carbocycles. The third-order valence-electron chi connectivity index (χ3n) is 2.76. The first-order chi connectivity index (χ1) is 8.56. The molecule has 1 aliphatic rings. The Labute approximate surface area is 115 Å². The van der Waals surface area contributed by atoms with Crippen LogP contribution in [0.3, 0.4) is 0 Å². The van der Waals surface area contributed by atoms with Crippen molar-refractivity contribution in [2.75, 3.05) is 6.61 Å². The Morgan fingerprint density at radius 1 is 1.61 bits per heavy atom. The number of hydrogen-bond acceptors (Lipinski definition) is 3. The van der Waals surface area contributed by atoms with Crippen LogP contribution in [-0.4, -0.2) is 18.6 Å². The molecule has 1 saturated carbocycles. The molecule has 4 nitrogen and oxygen atoms in total. The number of rotatable bonds is 5. The fraction of sp³-hybridized carbons (Fsp3) is 0.462. The highest BCUT2D eigenvalue weighted by molar-refractivity contribution is 9.10. The Morgan fingerprint density at radius 3 is 2.94 bits per heavy atom. The van der Waals surface area contributed by atoms with Crippen LogP contribution in [0.2, 0.25) is 0 Å². The van der Waals surface area contributed by atoms with E-state index < -0.39 is 0 Å². The summed E-state index contributed by atoms with van der Waals surface area (Å²) in [5, 5.41) is 2.88. The monoisotopic (exact) mass is 312 g/mol. The van der Waals surface area contributed by atoms with Gasteiger partial charge >= 0.3 is 0 Å². The summed E-state index contributed by atoms with van der Waals surface area (Å²) in [6.07, 6.45) is 2.16. The minimum absolute atomic E-state index is 0.0395. The van der Waals surface area contributed by atoms with Crippen molar-refractivity contribution in [1.29, 1.82) is 0 Å². The van der Waals surface area contributed by atoms with Crippen molar-refractivity contribution in [1.82, 2.24) is 5.32 Å². The van der Waals surface area contributed by atoms with Gasteiger partial charge in [0.1, 0.15) is 5.75 Å². The van der Waals surface area contributed by atoms with Crippen LogP contribution >= 0.6 is 15.9 Å². The predicted octanol–water partition coefficient (Wildman–Crippen LogP) is 2.13. The number of hydrogen-bond donors (Lipinski definition) is 2. The lowest BCUT2D eigenvalue weighted by molar-refractivity contribution is -0.123. The van der Waals surface area contributed by atoms with Gasteiger partial charge in [0.05, 0.1) is 0 Å². The molecule has 1 aliphatic carbocycles. The molecule has 5 heteroatoms. The van der Waals surface area contributed by atoms with Crippen LogP contribution in [0.4, 0.5) is 0 Å². The molecule has 3 N–H and O–H groups in total. The third-order valence-corrected chi connectivity index (χ3v) is 3.26. The summed E-state index contributed by atoms with van der Waals surface area (Å²) in [4.78, 5) is 11.5. The van der Waals surface area contributed by atoms with Crippen LogP contribution in [-0.2, 0) is 4.79 Å². The maximum atomic E-state index is 11.5. The molecule has 1 atom stereocenters. The zero-order chi connectivity index (χ0) is 13.1. The topological polar surface area (TPSA) is 64.3 Å². The zero-order valence-corrected chi connectivity index (χ0v) is 11.9. The fourth-order valence-corrected chi connectivity index (χ4v) is 2.03. The number of amides is 1. The maximum Gasteiger partial charge on any atom is 0.258 e. The quantitative estimate of drug-likeness (QED) is 0.875. The lowest BCUT2D eigenvalue weighted by Crippen LogP contribution is -2.30. The van der Waals surface area contributed by atoms with E-state index >= 15 is 0 Å². The van der Waals surface area contributed by atoms with Crippen LogP contribution in [0.15, 0.2) is 22.7 Å². The highest BCUT2D eigenvalue weighted by atomic mass is 79.9. The molecule has 1 fully saturated rings. The SMILES string of the molecule is CC(N)c1cc(Br)ccc1OCC(=O)NC1CC1. The number of halogens is 1. The Hall–Kier alpha value is -1.07. The normalized spacial score (nSPS) is 16.2. The largest absolute Gasteiger partial charge is 0.483 e. The van der Waals surface area contributed by atoms with Gasteiger partial charge in [-0.25, -0.2) is 0 Å². The Morgan fingerprint density at radius 2 is 2.33 bits per heavy atom. The molecule has 2 rings (SSSR count). The van der Waals surface area contributed by atoms with Gasteiger partial charge in [-0.15, -0.1) is 0 Å². The number of nitrogens with two attached hydrogens (primary N) is 1. The first-order valence-corrected chi connectivity index (χ1v) is 6.83. The van der Waals surface area contributed by atoms with Gasteiger partial charge in [0.15, 0.2) is 6.61 Å². The van der Waals surface area contributed by atoms with E-state index in [0.29, 0.717) is 11.8 Å². The van der Waals surface area contributed by atoms with Gasteiger partial charge in [-0.2, -0.15) is 0 Å². The lowest BCUT2D eigenvalue weighted by atomic mass is 10.1. The maximum absolute atomic E-state index is 11.5. The smallest absolute Gasteiger partial charge is 0.258 e. The number of carbonyl (C=O) groups is 1. The Kier molecular flexibility index (Phi) is 4.24. The Bertz CT molecular complexity index is 445. The Balaban J connectivity index is 1.96. The molecular weight excluding hydrogens is 296 g/mol. The molecule has 98 valence electrons. The molecule has 0 radical (unpaired) electrons. The molecule has 0 saturated heterocycles. The second kappa shape index (κ2) is 5.71. The van der Waals surface area contributed by atoms with E-state index in [4.69, 9.17) is 10.5 Å². The van der Waals surface area contributed by atoms with Gasteiger partial charge < -0.3 is 15.8 Å². The van der Waals surface area contributed by atoms with E-state index in [9.17, 15) is 4.79 Å². The van der Waals surface area contributed by atoms with Crippen molar-refractivity contribution in [3.05, 3.63) is 28.2 Å². The standard InChI is InChI=1S/C13H17BrN2O2/c1-8(15)11-6-9(14)2-5-12(11)18-7-13(17)16-10-3-4-10/h2,5-6,8,10H,3-4,7,15H2,1H3,(H,16,17). The summed E-state index contributed by atoms with van der Waals surface area (Å²) in [7, 11) is 0. The summed E-state index contributed by atoms with van der Waals surface area (Å²) >= 11 is 3.40. The van der Waals surface area contributed by atoms with Gasteiger partial charge in [-0.1, -0.05) is 15.9 Å². The number of ether oxygens (including phenoxy) is 1. The van der Waals surface area contributed by atoms with Gasteiger partial charge in [-0.3, -0.25) is 4.79 Å². The molecule has 18 heavy (non-hydrogen) atoms. The van der Waals surface area contributed by atoms with Gasteiger partial charge in [0.25, 0.3) is 5.91 Å². The van der Waals surface area contributed by atoms with E-state index in [1.165, 1.54) is 0 Å². The molecule has 1 unspecified atom stereocenters. The molecule has 0 aromatic heterocycles. The molecular formula is C13H17BrN2O2. The van der Waals surface area contributed by atoms with E-state index in [1.807, 2.05) is 25.1 Å². The van der Waals surface area contributed by atoms with Crippen molar-refractivity contribution in [3.63, 3.8) is 0 Å². The lowest BCUT2D eigenvalue weighted by Gasteiger charge is -2.14. The van der Waals surface area contributed by atoms with Crippen LogP contribution in [0.25, 0.3) is 0 Å². The van der Waals surface area contributed by atoms with Crippen molar-refractivity contribution < 1.29 is 9.53 Å². The number of benzene rings is 1. The summed E-state index contributed by atoms with van der Waals surface area (Å²) in [5.41, 5.74) is 6.77. The summed E-state index contributed by atoms with van der Waals surface area (Å²) in [5.74, 6) is 0.593. The van der Waals surface area contributed by atoms with Crippen molar-refractivity contribution in [2.45, 2.75) is 31.8 Å². The molecule has 0 spiro atoms. The van der Waals surface area contributed by atoms with E-state index in [-0.39, 0.29) is 18.6 Å². The second-order valence-corrected chi connectivity index (χ2v) is 5.52. The van der Waals surface area contributed by atoms with E-state index in [0.717, 1.165) is 22.9 Å². The molecule has 0 bridgehead atoms. The van der Waals surface area contributed by atoms with Crippen LogP contribution < -0.4 is 15.8 Å². The highest BCUT2D eigenvalue weighted by Gasteiger charge is 2.23. The van der Waals surface area contributed by atoms with E-state index in [1.54, 1.807) is 0 Å². The van der Waals surface area contributed by atoms with Crippen LogP contribution in [0, 0.1) is 0 Å². The average Bonchev–Trinajstić information content (AvgIpc) is 3.11. The highest BCUT2D eigenvalue weighted by Crippen LogP contribution is 2.27. The average molecular weight is 313 g/mol. The second-order valence-electron chi connectivity index (χ2n) is 4.60. The summed E-state index contributed by atoms with van der Waals surface area (Å²) in [6.45, 7) is 1.93. The van der Waals surface area contributed by atoms with Crippen molar-refractivity contribution >= 4 is 21.8 Å². The van der Waals surface area contributed by atoms with Crippen molar-refractivity contribution in [3.8, 4) is 5.75 Å². The van der Waals surface area contributed by atoms with Gasteiger partial charge in [0.2, 0.25) is 0 Å². The number of carbonyl (C=O) groups excluding carboxylic acids is 1. The van der Waals surface area contributed by atoms with Crippen LogP contribution in [0.1, 0.15) is 31.4 Å². The molecule has 1 aromatic rings. The molecule has 0 aliphatic heterocycles. The number of nitrogens with one attached hydrogen (secondary N) is 1. The first-order valence-electron chi connectivity index (χ1n) is 6.03. The van der Waals surface area contributed by atoms with Crippen molar-refractivity contribution in [2.24, 2.45) is 5.73 Å². The predicted molar refractivity (Wildman–Crippen MR) is 73.4 cm³/mol. The fourth-order valence-electron chi connectivity index (χ4n) is 1.65. The minimum Gasteiger partial charge on any atom is -0.483 e. The molecule has 0 heterocycles. The van der Waals surface area contributed by atoms with Gasteiger partial charge in [-0.05, 0) is 38.0 Å². The molecule has 1 amide bonds. The van der Waals surface area contributed by atoms with Gasteiger partial charge in [0, 0.05) is 22.1 Å². The minimum atomic E-state index is -0.135. The summed E-state index contributed by atoms with van der Waals surface area (Å²) in [6, 6.07) is 5.84. The van der Waals surface area contributed by atoms with Crippen LogP contribution in [0.5, 0.6) is 5.75 Å².